The molecule has 2 aliphatic rings. The largest absolute Gasteiger partial charge is 0.289 e. The van der Waals surface area contributed by atoms with Crippen LogP contribution in [0.4, 0.5) is 0 Å². The van der Waals surface area contributed by atoms with Gasteiger partial charge < -0.3 is 0 Å². The Morgan fingerprint density at radius 3 is 1.35 bits per heavy atom. The molecule has 126 valence electrons. The van der Waals surface area contributed by atoms with Crippen LogP contribution in [0, 0.1) is 7.14 Å². The van der Waals surface area contributed by atoms with Gasteiger partial charge in [-0.2, -0.15) is 0 Å². The lowest BCUT2D eigenvalue weighted by molar-refractivity contribution is 0.102. The lowest BCUT2D eigenvalue weighted by Crippen LogP contribution is -2.21. The summed E-state index contributed by atoms with van der Waals surface area (Å²) in [5.74, 6) is 0.145. The lowest BCUT2D eigenvalue weighted by atomic mass is 9.78. The van der Waals surface area contributed by atoms with Crippen LogP contribution in [0.5, 0.6) is 0 Å². The van der Waals surface area contributed by atoms with Gasteiger partial charge in [-0.1, -0.05) is 12.1 Å². The van der Waals surface area contributed by atoms with Crippen molar-refractivity contribution in [2.45, 2.75) is 12.8 Å². The van der Waals surface area contributed by atoms with Crippen molar-refractivity contribution in [3.05, 3.63) is 100 Å². The molecule has 2 aliphatic carbocycles. The third-order valence-electron chi connectivity index (χ3n) is 5.21. The quantitative estimate of drug-likeness (QED) is 0.245. The molecule has 0 heterocycles. The standard InChI is InChI=1S/C22H12I2O2/c23-15-3-1-11-5-13-7-18-14(8-17(13)21(25)19(11)9-15)6-12-2-4-16(24)10-20(12)22(18)26/h1-4,7-10H,5-6H2. The summed E-state index contributed by atoms with van der Waals surface area (Å²) < 4.78 is 2.13. The van der Waals surface area contributed by atoms with Crippen molar-refractivity contribution < 1.29 is 9.59 Å². The number of hydrogen-bond donors (Lipinski definition) is 0. The maximum atomic E-state index is 13.0. The van der Waals surface area contributed by atoms with Gasteiger partial charge in [-0.15, -0.1) is 0 Å². The number of hydrogen-bond acceptors (Lipinski definition) is 2. The topological polar surface area (TPSA) is 34.1 Å². The van der Waals surface area contributed by atoms with Gasteiger partial charge in [-0.3, -0.25) is 9.59 Å². The van der Waals surface area contributed by atoms with Gasteiger partial charge in [-0.05, 0) is 117 Å². The number of ketones is 2. The molecule has 0 amide bonds. The van der Waals surface area contributed by atoms with Crippen LogP contribution in [0.2, 0.25) is 0 Å². The minimum absolute atomic E-state index is 0.0726. The maximum absolute atomic E-state index is 13.0. The normalized spacial score (nSPS) is 14.4. The van der Waals surface area contributed by atoms with E-state index in [9.17, 15) is 9.59 Å². The second kappa shape index (κ2) is 5.99. The predicted molar refractivity (Wildman–Crippen MR) is 117 cm³/mol. The second-order valence-corrected chi connectivity index (χ2v) is 9.27. The van der Waals surface area contributed by atoms with Crippen molar-refractivity contribution in [2.75, 3.05) is 0 Å². The monoisotopic (exact) mass is 562 g/mol. The van der Waals surface area contributed by atoms with Gasteiger partial charge in [0.25, 0.3) is 0 Å². The molecular formula is C22H12I2O2. The Balaban J connectivity index is 1.67. The second-order valence-electron chi connectivity index (χ2n) is 6.78. The Hall–Kier alpha value is -1.54. The number of benzene rings is 3. The van der Waals surface area contributed by atoms with Crippen molar-refractivity contribution in [1.82, 2.24) is 0 Å². The average Bonchev–Trinajstić information content (AvgIpc) is 2.63. The van der Waals surface area contributed by atoms with E-state index in [-0.39, 0.29) is 11.6 Å². The Morgan fingerprint density at radius 1 is 0.538 bits per heavy atom. The summed E-state index contributed by atoms with van der Waals surface area (Å²) >= 11 is 4.48. The van der Waals surface area contributed by atoms with E-state index in [2.05, 4.69) is 45.2 Å². The van der Waals surface area contributed by atoms with E-state index in [1.807, 2.05) is 48.5 Å². The van der Waals surface area contributed by atoms with Crippen molar-refractivity contribution in [3.8, 4) is 0 Å². The fourth-order valence-corrected chi connectivity index (χ4v) is 4.92. The number of halogens is 2. The van der Waals surface area contributed by atoms with Crippen LogP contribution in [0.3, 0.4) is 0 Å². The van der Waals surface area contributed by atoms with Crippen LogP contribution in [-0.2, 0) is 12.8 Å². The number of carbonyl (C=O) groups excluding carboxylic acids is 2. The molecule has 0 aliphatic heterocycles. The molecule has 0 N–H and O–H groups in total. The Morgan fingerprint density at radius 2 is 0.923 bits per heavy atom. The lowest BCUT2D eigenvalue weighted by Gasteiger charge is -2.24. The highest BCUT2D eigenvalue weighted by molar-refractivity contribution is 14.1. The number of carbonyl (C=O) groups is 2. The molecule has 0 atom stereocenters. The fraction of sp³-hybridized carbons (Fsp3) is 0.0909. The van der Waals surface area contributed by atoms with E-state index in [1.54, 1.807) is 0 Å². The molecule has 0 radical (unpaired) electrons. The minimum Gasteiger partial charge on any atom is -0.289 e. The van der Waals surface area contributed by atoms with Gasteiger partial charge in [-0.25, -0.2) is 0 Å². The van der Waals surface area contributed by atoms with Gasteiger partial charge in [0, 0.05) is 29.4 Å². The van der Waals surface area contributed by atoms with Gasteiger partial charge in [0.15, 0.2) is 11.6 Å². The van der Waals surface area contributed by atoms with Crippen LogP contribution in [0.25, 0.3) is 0 Å². The molecule has 2 nitrogen and oxygen atoms in total. The molecule has 4 heteroatoms. The molecular weight excluding hydrogens is 550 g/mol. The Kier molecular flexibility index (Phi) is 3.83. The molecule has 0 fully saturated rings. The predicted octanol–water partition coefficient (Wildman–Crippen LogP) is 5.17. The van der Waals surface area contributed by atoms with Crippen molar-refractivity contribution in [1.29, 1.82) is 0 Å². The summed E-state index contributed by atoms with van der Waals surface area (Å²) in [6.45, 7) is 0. The van der Waals surface area contributed by atoms with Crippen molar-refractivity contribution >= 4 is 56.7 Å². The molecule has 0 spiro atoms. The smallest absolute Gasteiger partial charge is 0.193 e. The first kappa shape index (κ1) is 16.6. The summed E-state index contributed by atoms with van der Waals surface area (Å²) in [5, 5.41) is 0. The molecule has 0 aromatic heterocycles. The highest BCUT2D eigenvalue weighted by Crippen LogP contribution is 2.35. The first-order valence-electron chi connectivity index (χ1n) is 8.33. The van der Waals surface area contributed by atoms with Crippen LogP contribution in [0.15, 0.2) is 48.5 Å². The molecule has 0 saturated carbocycles. The minimum atomic E-state index is 0.0726. The highest BCUT2D eigenvalue weighted by atomic mass is 127. The van der Waals surface area contributed by atoms with Crippen LogP contribution in [0.1, 0.15) is 54.1 Å². The van der Waals surface area contributed by atoms with E-state index < -0.39 is 0 Å². The van der Waals surface area contributed by atoms with Crippen molar-refractivity contribution in [2.24, 2.45) is 0 Å². The van der Waals surface area contributed by atoms with Crippen LogP contribution >= 0.6 is 45.2 Å². The van der Waals surface area contributed by atoms with Crippen molar-refractivity contribution in [3.63, 3.8) is 0 Å². The first-order chi connectivity index (χ1) is 12.5. The zero-order valence-electron chi connectivity index (χ0n) is 13.6. The summed E-state index contributed by atoms with van der Waals surface area (Å²) in [4.78, 5) is 26.1. The number of rotatable bonds is 0. The third-order valence-corrected chi connectivity index (χ3v) is 6.56. The summed E-state index contributed by atoms with van der Waals surface area (Å²) in [6, 6.07) is 15.9. The summed E-state index contributed by atoms with van der Waals surface area (Å²) in [7, 11) is 0. The van der Waals surface area contributed by atoms with Gasteiger partial charge in [0.2, 0.25) is 0 Å². The molecule has 26 heavy (non-hydrogen) atoms. The van der Waals surface area contributed by atoms with E-state index in [0.717, 1.165) is 51.6 Å². The summed E-state index contributed by atoms with van der Waals surface area (Å²) in [5.41, 5.74) is 7.10. The van der Waals surface area contributed by atoms with E-state index in [1.165, 1.54) is 0 Å². The van der Waals surface area contributed by atoms with Gasteiger partial charge in [0.1, 0.15) is 0 Å². The molecule has 3 aromatic carbocycles. The molecule has 3 aromatic rings. The van der Waals surface area contributed by atoms with Crippen LogP contribution < -0.4 is 0 Å². The zero-order chi connectivity index (χ0) is 18.0. The first-order valence-corrected chi connectivity index (χ1v) is 10.5. The average molecular weight is 562 g/mol. The summed E-state index contributed by atoms with van der Waals surface area (Å²) in [6.07, 6.45) is 1.40. The van der Waals surface area contributed by atoms with E-state index in [4.69, 9.17) is 0 Å². The van der Waals surface area contributed by atoms with E-state index in [0.29, 0.717) is 12.8 Å². The van der Waals surface area contributed by atoms with Gasteiger partial charge in [0.05, 0.1) is 0 Å². The fourth-order valence-electron chi connectivity index (χ4n) is 3.93. The van der Waals surface area contributed by atoms with Gasteiger partial charge >= 0.3 is 0 Å². The highest BCUT2D eigenvalue weighted by Gasteiger charge is 2.29. The van der Waals surface area contributed by atoms with Crippen LogP contribution in [-0.4, -0.2) is 11.6 Å². The molecule has 5 rings (SSSR count). The SMILES string of the molecule is O=C1c2cc(I)ccc2Cc2cc3c(cc21)Cc1ccc(I)cc1C3=O. The Bertz CT molecular complexity index is 1050. The molecule has 0 unspecified atom stereocenters. The zero-order valence-corrected chi connectivity index (χ0v) is 17.9. The molecule has 0 bridgehead atoms. The Labute approximate surface area is 178 Å². The van der Waals surface area contributed by atoms with E-state index >= 15 is 0 Å². The maximum Gasteiger partial charge on any atom is 0.193 e. The number of fused-ring (bicyclic) bond motifs is 4. The third kappa shape index (κ3) is 2.49. The molecule has 0 saturated heterocycles.